The van der Waals surface area contributed by atoms with E-state index >= 15 is 0 Å². The minimum atomic E-state index is -0.107. The molecule has 0 fully saturated rings. The minimum absolute atomic E-state index is 0.107. The Morgan fingerprint density at radius 1 is 1.29 bits per heavy atom. The topological polar surface area (TPSA) is 70.1 Å². The number of aromatic nitrogens is 2. The molecule has 0 bridgehead atoms. The number of nitrogens with two attached hydrogens (primary N) is 1. The molecule has 0 aliphatic carbocycles. The lowest BCUT2D eigenvalue weighted by atomic mass is 10.1. The van der Waals surface area contributed by atoms with Crippen LogP contribution in [0.5, 0.6) is 5.75 Å². The van der Waals surface area contributed by atoms with Crippen LogP contribution in [-0.2, 0) is 13.1 Å². The number of hydrogen-bond acceptors (Lipinski definition) is 4. The Balaban J connectivity index is 2.50. The van der Waals surface area contributed by atoms with Crippen molar-refractivity contribution < 1.29 is 4.74 Å². The van der Waals surface area contributed by atoms with Crippen molar-refractivity contribution in [1.29, 1.82) is 0 Å². The van der Waals surface area contributed by atoms with Crippen LogP contribution in [0.2, 0.25) is 0 Å². The third-order valence-corrected chi connectivity index (χ3v) is 3.14. The van der Waals surface area contributed by atoms with Crippen molar-refractivity contribution in [2.45, 2.75) is 33.4 Å². The van der Waals surface area contributed by atoms with Crippen LogP contribution in [-0.4, -0.2) is 16.4 Å². The van der Waals surface area contributed by atoms with Crippen LogP contribution in [0.15, 0.2) is 35.1 Å². The summed E-state index contributed by atoms with van der Waals surface area (Å²) in [5.74, 6) is 0.791. The predicted octanol–water partition coefficient (Wildman–Crippen LogP) is 2.18. The van der Waals surface area contributed by atoms with Gasteiger partial charge in [0.15, 0.2) is 0 Å². The fourth-order valence-electron chi connectivity index (χ4n) is 2.16. The minimum Gasteiger partial charge on any atom is -0.494 e. The van der Waals surface area contributed by atoms with Crippen LogP contribution >= 0.6 is 0 Å². The van der Waals surface area contributed by atoms with Crippen molar-refractivity contribution in [1.82, 2.24) is 9.78 Å². The van der Waals surface area contributed by atoms with Crippen molar-refractivity contribution in [2.24, 2.45) is 5.73 Å². The van der Waals surface area contributed by atoms with Crippen LogP contribution < -0.4 is 16.0 Å². The Morgan fingerprint density at radius 2 is 2.10 bits per heavy atom. The molecular weight excluding hydrogens is 266 g/mol. The van der Waals surface area contributed by atoms with Gasteiger partial charge >= 0.3 is 0 Å². The molecule has 0 radical (unpaired) electrons. The van der Waals surface area contributed by atoms with Gasteiger partial charge in [-0.1, -0.05) is 19.1 Å². The second-order valence-corrected chi connectivity index (χ2v) is 4.75. The number of ether oxygens (including phenoxy) is 1. The molecule has 2 rings (SSSR count). The third kappa shape index (κ3) is 3.49. The van der Waals surface area contributed by atoms with E-state index in [1.54, 1.807) is 6.07 Å². The molecular formula is C16H21N3O2. The van der Waals surface area contributed by atoms with E-state index in [1.807, 2.05) is 38.1 Å². The fraction of sp³-hybridized carbons (Fsp3) is 0.375. The standard InChI is InChI=1S/C16H21N3O2/c1-3-8-19-16(20)13(11-17)10-15(18-19)12-6-5-7-14(9-12)21-4-2/h5-7,9-10H,3-4,8,11,17H2,1-2H3. The molecule has 0 unspecified atom stereocenters. The summed E-state index contributed by atoms with van der Waals surface area (Å²) < 4.78 is 7.00. The van der Waals surface area contributed by atoms with Gasteiger partial charge in [-0.3, -0.25) is 4.79 Å². The van der Waals surface area contributed by atoms with Gasteiger partial charge in [-0.2, -0.15) is 5.10 Å². The zero-order valence-corrected chi connectivity index (χ0v) is 12.5. The van der Waals surface area contributed by atoms with Gasteiger partial charge in [0, 0.05) is 24.2 Å². The predicted molar refractivity (Wildman–Crippen MR) is 83.3 cm³/mol. The van der Waals surface area contributed by atoms with E-state index in [1.165, 1.54) is 4.68 Å². The van der Waals surface area contributed by atoms with Gasteiger partial charge in [-0.25, -0.2) is 4.68 Å². The van der Waals surface area contributed by atoms with Crippen LogP contribution in [0.25, 0.3) is 11.3 Å². The summed E-state index contributed by atoms with van der Waals surface area (Å²) in [6.45, 7) is 5.37. The molecule has 2 N–H and O–H groups in total. The summed E-state index contributed by atoms with van der Waals surface area (Å²) in [7, 11) is 0. The van der Waals surface area contributed by atoms with E-state index < -0.39 is 0 Å². The second kappa shape index (κ2) is 7.04. The Labute approximate surface area is 124 Å². The van der Waals surface area contributed by atoms with Gasteiger partial charge in [0.2, 0.25) is 0 Å². The van der Waals surface area contributed by atoms with Crippen molar-refractivity contribution >= 4 is 0 Å². The average Bonchev–Trinajstić information content (AvgIpc) is 2.50. The first-order valence-corrected chi connectivity index (χ1v) is 7.24. The van der Waals surface area contributed by atoms with Crippen molar-refractivity contribution in [3.05, 3.63) is 46.2 Å². The summed E-state index contributed by atoms with van der Waals surface area (Å²) >= 11 is 0. The molecule has 0 aliphatic heterocycles. The summed E-state index contributed by atoms with van der Waals surface area (Å²) in [4.78, 5) is 12.1. The normalized spacial score (nSPS) is 10.6. The molecule has 0 saturated carbocycles. The van der Waals surface area contributed by atoms with Gasteiger partial charge in [0.25, 0.3) is 5.56 Å². The highest BCUT2D eigenvalue weighted by atomic mass is 16.5. The van der Waals surface area contributed by atoms with Crippen LogP contribution in [0.4, 0.5) is 0 Å². The first kappa shape index (κ1) is 15.3. The van der Waals surface area contributed by atoms with E-state index in [-0.39, 0.29) is 12.1 Å². The zero-order chi connectivity index (χ0) is 15.2. The summed E-state index contributed by atoms with van der Waals surface area (Å²) in [5, 5.41) is 4.44. The summed E-state index contributed by atoms with van der Waals surface area (Å²) in [5.41, 5.74) is 7.80. The lowest BCUT2D eigenvalue weighted by molar-refractivity contribution is 0.340. The SMILES string of the molecule is CCCn1nc(-c2cccc(OCC)c2)cc(CN)c1=O. The molecule has 21 heavy (non-hydrogen) atoms. The maximum atomic E-state index is 12.1. The van der Waals surface area contributed by atoms with Crippen molar-refractivity contribution in [3.8, 4) is 17.0 Å². The van der Waals surface area contributed by atoms with E-state index in [2.05, 4.69) is 5.10 Å². The van der Waals surface area contributed by atoms with Crippen molar-refractivity contribution in [2.75, 3.05) is 6.61 Å². The van der Waals surface area contributed by atoms with Gasteiger partial charge in [0.05, 0.1) is 12.3 Å². The quantitative estimate of drug-likeness (QED) is 0.884. The molecule has 5 heteroatoms. The fourth-order valence-corrected chi connectivity index (χ4v) is 2.16. The van der Waals surface area contributed by atoms with Crippen LogP contribution in [0.1, 0.15) is 25.8 Å². The highest BCUT2D eigenvalue weighted by Crippen LogP contribution is 2.22. The lowest BCUT2D eigenvalue weighted by Crippen LogP contribution is -2.28. The third-order valence-electron chi connectivity index (χ3n) is 3.14. The van der Waals surface area contributed by atoms with Gasteiger partial charge < -0.3 is 10.5 Å². The highest BCUT2D eigenvalue weighted by molar-refractivity contribution is 5.61. The Bertz CT molecular complexity index is 665. The lowest BCUT2D eigenvalue weighted by Gasteiger charge is -2.10. The Kier molecular flexibility index (Phi) is 5.11. The summed E-state index contributed by atoms with van der Waals surface area (Å²) in [6, 6.07) is 9.46. The summed E-state index contributed by atoms with van der Waals surface area (Å²) in [6.07, 6.45) is 0.847. The van der Waals surface area contributed by atoms with Gasteiger partial charge in [-0.05, 0) is 31.5 Å². The van der Waals surface area contributed by atoms with Crippen LogP contribution in [0.3, 0.4) is 0 Å². The van der Waals surface area contributed by atoms with E-state index in [4.69, 9.17) is 10.5 Å². The molecule has 1 heterocycles. The number of nitrogens with zero attached hydrogens (tertiary/aromatic N) is 2. The van der Waals surface area contributed by atoms with Gasteiger partial charge in [-0.15, -0.1) is 0 Å². The number of aryl methyl sites for hydroxylation is 1. The second-order valence-electron chi connectivity index (χ2n) is 4.75. The molecule has 0 spiro atoms. The first-order valence-electron chi connectivity index (χ1n) is 7.24. The molecule has 2 aromatic rings. The smallest absolute Gasteiger partial charge is 0.271 e. The van der Waals surface area contributed by atoms with Gasteiger partial charge in [0.1, 0.15) is 5.75 Å². The molecule has 0 aliphatic rings. The van der Waals surface area contributed by atoms with E-state index in [0.717, 1.165) is 23.4 Å². The zero-order valence-electron chi connectivity index (χ0n) is 12.5. The van der Waals surface area contributed by atoms with Crippen LogP contribution in [0, 0.1) is 0 Å². The molecule has 112 valence electrons. The first-order chi connectivity index (χ1) is 10.2. The van der Waals surface area contributed by atoms with Crippen molar-refractivity contribution in [3.63, 3.8) is 0 Å². The Hall–Kier alpha value is -2.14. The van der Waals surface area contributed by atoms with E-state index in [9.17, 15) is 4.79 Å². The molecule has 0 amide bonds. The molecule has 1 aromatic carbocycles. The molecule has 5 nitrogen and oxygen atoms in total. The maximum absolute atomic E-state index is 12.1. The monoisotopic (exact) mass is 287 g/mol. The largest absolute Gasteiger partial charge is 0.494 e. The number of rotatable bonds is 6. The Morgan fingerprint density at radius 3 is 2.76 bits per heavy atom. The molecule has 0 saturated heterocycles. The number of benzene rings is 1. The molecule has 0 atom stereocenters. The maximum Gasteiger partial charge on any atom is 0.271 e. The number of hydrogen-bond donors (Lipinski definition) is 1. The molecule has 1 aromatic heterocycles. The highest BCUT2D eigenvalue weighted by Gasteiger charge is 2.09. The van der Waals surface area contributed by atoms with E-state index in [0.29, 0.717) is 18.7 Å². The average molecular weight is 287 g/mol.